The Morgan fingerprint density at radius 3 is 2.47 bits per heavy atom. The third-order valence-corrected chi connectivity index (χ3v) is 3.13. The fraction of sp³-hybridized carbons (Fsp3) is 0.769. The van der Waals surface area contributed by atoms with Gasteiger partial charge in [0, 0.05) is 0 Å². The molecule has 0 radical (unpaired) electrons. The first-order valence-corrected chi connectivity index (χ1v) is 6.94. The molecule has 19 heavy (non-hydrogen) atoms. The van der Waals surface area contributed by atoms with Crippen LogP contribution in [0, 0.1) is 5.92 Å². The standard InChI is InChI=1S/C13H22N4O2/c1-9(2)19-13-16-11(14)15-12(17-13)18-8-10-6-4-3-5-7-10/h9-10H,3-8H2,1-2H3,(H2,14,15,16,17). The van der Waals surface area contributed by atoms with Gasteiger partial charge in [0.2, 0.25) is 5.95 Å². The zero-order valence-electron chi connectivity index (χ0n) is 11.6. The summed E-state index contributed by atoms with van der Waals surface area (Å²) in [5.74, 6) is 0.727. The van der Waals surface area contributed by atoms with Crippen molar-refractivity contribution in [1.82, 2.24) is 15.0 Å². The number of aromatic nitrogens is 3. The molecule has 0 aliphatic heterocycles. The van der Waals surface area contributed by atoms with Gasteiger partial charge in [0.05, 0.1) is 12.7 Å². The summed E-state index contributed by atoms with van der Waals surface area (Å²) in [6.07, 6.45) is 6.34. The SMILES string of the molecule is CC(C)Oc1nc(N)nc(OCC2CCCCC2)n1. The number of nitrogen functional groups attached to an aromatic ring is 1. The number of hydrogen-bond acceptors (Lipinski definition) is 6. The van der Waals surface area contributed by atoms with Crippen LogP contribution in [0.3, 0.4) is 0 Å². The van der Waals surface area contributed by atoms with Crippen LogP contribution in [0.4, 0.5) is 5.95 Å². The molecule has 0 spiro atoms. The van der Waals surface area contributed by atoms with Gasteiger partial charge < -0.3 is 15.2 Å². The first kappa shape index (κ1) is 13.8. The predicted octanol–water partition coefficient (Wildman–Crippen LogP) is 2.20. The summed E-state index contributed by atoms with van der Waals surface area (Å²) in [5, 5.41) is 0. The van der Waals surface area contributed by atoms with E-state index in [9.17, 15) is 0 Å². The number of hydrogen-bond donors (Lipinski definition) is 1. The Labute approximate surface area is 113 Å². The number of nitrogens with zero attached hydrogens (tertiary/aromatic N) is 3. The van der Waals surface area contributed by atoms with E-state index in [4.69, 9.17) is 15.2 Å². The third-order valence-electron chi connectivity index (χ3n) is 3.13. The highest BCUT2D eigenvalue weighted by molar-refractivity contribution is 5.20. The van der Waals surface area contributed by atoms with E-state index in [2.05, 4.69) is 15.0 Å². The number of ether oxygens (including phenoxy) is 2. The molecule has 1 aromatic rings. The van der Waals surface area contributed by atoms with Gasteiger partial charge in [0.25, 0.3) is 0 Å². The van der Waals surface area contributed by atoms with E-state index in [1.54, 1.807) is 0 Å². The topological polar surface area (TPSA) is 83.2 Å². The second-order valence-electron chi connectivity index (χ2n) is 5.24. The molecule has 1 fully saturated rings. The van der Waals surface area contributed by atoms with Crippen LogP contribution in [-0.4, -0.2) is 27.7 Å². The lowest BCUT2D eigenvalue weighted by Crippen LogP contribution is -2.17. The zero-order chi connectivity index (χ0) is 13.7. The lowest BCUT2D eigenvalue weighted by atomic mass is 9.90. The van der Waals surface area contributed by atoms with Crippen molar-refractivity contribution in [3.05, 3.63) is 0 Å². The molecule has 0 atom stereocenters. The molecule has 0 aromatic carbocycles. The van der Waals surface area contributed by atoms with Gasteiger partial charge in [-0.05, 0) is 32.6 Å². The van der Waals surface area contributed by atoms with Gasteiger partial charge in [-0.15, -0.1) is 4.98 Å². The molecule has 0 amide bonds. The van der Waals surface area contributed by atoms with Crippen molar-refractivity contribution in [1.29, 1.82) is 0 Å². The highest BCUT2D eigenvalue weighted by atomic mass is 16.5. The van der Waals surface area contributed by atoms with E-state index < -0.39 is 0 Å². The van der Waals surface area contributed by atoms with Crippen LogP contribution in [0.2, 0.25) is 0 Å². The maximum Gasteiger partial charge on any atom is 0.324 e. The van der Waals surface area contributed by atoms with Crippen LogP contribution < -0.4 is 15.2 Å². The van der Waals surface area contributed by atoms with E-state index in [0.29, 0.717) is 12.5 Å². The van der Waals surface area contributed by atoms with Crippen molar-refractivity contribution in [2.75, 3.05) is 12.3 Å². The summed E-state index contributed by atoms with van der Waals surface area (Å²) >= 11 is 0. The first-order chi connectivity index (χ1) is 9.13. The maximum atomic E-state index is 5.63. The molecule has 0 saturated heterocycles. The summed E-state index contributed by atoms with van der Waals surface area (Å²) in [7, 11) is 0. The maximum absolute atomic E-state index is 5.63. The second kappa shape index (κ2) is 6.54. The molecule has 1 aromatic heterocycles. The van der Waals surface area contributed by atoms with Crippen LogP contribution in [-0.2, 0) is 0 Å². The van der Waals surface area contributed by atoms with E-state index in [1.165, 1.54) is 32.1 Å². The van der Waals surface area contributed by atoms with Gasteiger partial charge in [0.1, 0.15) is 0 Å². The largest absolute Gasteiger partial charge is 0.463 e. The minimum atomic E-state index is -0.00649. The van der Waals surface area contributed by atoms with E-state index in [1.807, 2.05) is 13.8 Å². The van der Waals surface area contributed by atoms with Crippen molar-refractivity contribution >= 4 is 5.95 Å². The fourth-order valence-electron chi connectivity index (χ4n) is 2.23. The number of nitrogens with two attached hydrogens (primary N) is 1. The Kier molecular flexibility index (Phi) is 4.76. The molecule has 1 aliphatic carbocycles. The highest BCUT2D eigenvalue weighted by Crippen LogP contribution is 2.24. The van der Waals surface area contributed by atoms with Gasteiger partial charge in [-0.2, -0.15) is 9.97 Å². The molecule has 0 unspecified atom stereocenters. The van der Waals surface area contributed by atoms with Crippen molar-refractivity contribution in [3.63, 3.8) is 0 Å². The Morgan fingerprint density at radius 2 is 1.79 bits per heavy atom. The Balaban J connectivity index is 1.93. The van der Waals surface area contributed by atoms with Gasteiger partial charge in [0.15, 0.2) is 0 Å². The molecule has 2 rings (SSSR count). The van der Waals surface area contributed by atoms with E-state index in [0.717, 1.165) is 0 Å². The molecule has 1 saturated carbocycles. The lowest BCUT2D eigenvalue weighted by molar-refractivity contribution is 0.185. The lowest BCUT2D eigenvalue weighted by Gasteiger charge is -2.21. The molecule has 0 bridgehead atoms. The minimum absolute atomic E-state index is 0.00649. The monoisotopic (exact) mass is 266 g/mol. The molecule has 1 heterocycles. The van der Waals surface area contributed by atoms with Crippen LogP contribution in [0.15, 0.2) is 0 Å². The van der Waals surface area contributed by atoms with Crippen molar-refractivity contribution in [2.45, 2.75) is 52.1 Å². The molecular weight excluding hydrogens is 244 g/mol. The number of anilines is 1. The van der Waals surface area contributed by atoms with Gasteiger partial charge >= 0.3 is 12.0 Å². The van der Waals surface area contributed by atoms with Crippen molar-refractivity contribution in [2.24, 2.45) is 5.92 Å². The summed E-state index contributed by atoms with van der Waals surface area (Å²) < 4.78 is 11.0. The Bertz CT molecular complexity index is 406. The molecule has 106 valence electrons. The Morgan fingerprint density at radius 1 is 1.11 bits per heavy atom. The van der Waals surface area contributed by atoms with Crippen LogP contribution in [0.1, 0.15) is 46.0 Å². The second-order valence-corrected chi connectivity index (χ2v) is 5.24. The van der Waals surface area contributed by atoms with Gasteiger partial charge in [-0.25, -0.2) is 0 Å². The summed E-state index contributed by atoms with van der Waals surface area (Å²) in [6.45, 7) is 4.45. The zero-order valence-corrected chi connectivity index (χ0v) is 11.6. The summed E-state index contributed by atoms with van der Waals surface area (Å²) in [4.78, 5) is 12.0. The van der Waals surface area contributed by atoms with Gasteiger partial charge in [-0.3, -0.25) is 0 Å². The average molecular weight is 266 g/mol. The average Bonchev–Trinajstić information content (AvgIpc) is 2.36. The summed E-state index contributed by atoms with van der Waals surface area (Å²) in [6, 6.07) is 0.481. The van der Waals surface area contributed by atoms with Crippen LogP contribution in [0.5, 0.6) is 12.0 Å². The first-order valence-electron chi connectivity index (χ1n) is 6.94. The third kappa shape index (κ3) is 4.54. The Hall–Kier alpha value is -1.59. The number of rotatable bonds is 5. The van der Waals surface area contributed by atoms with E-state index >= 15 is 0 Å². The van der Waals surface area contributed by atoms with Crippen LogP contribution in [0.25, 0.3) is 0 Å². The molecular formula is C13H22N4O2. The van der Waals surface area contributed by atoms with Crippen molar-refractivity contribution < 1.29 is 9.47 Å². The van der Waals surface area contributed by atoms with Crippen LogP contribution >= 0.6 is 0 Å². The molecule has 6 heteroatoms. The van der Waals surface area contributed by atoms with Gasteiger partial charge in [-0.1, -0.05) is 19.3 Å². The predicted molar refractivity (Wildman–Crippen MR) is 72.1 cm³/mol. The normalized spacial score (nSPS) is 16.6. The molecule has 1 aliphatic rings. The molecule has 6 nitrogen and oxygen atoms in total. The van der Waals surface area contributed by atoms with E-state index in [-0.39, 0.29) is 24.1 Å². The quantitative estimate of drug-likeness (QED) is 0.879. The minimum Gasteiger partial charge on any atom is -0.463 e. The summed E-state index contributed by atoms with van der Waals surface area (Å²) in [5.41, 5.74) is 5.62. The molecule has 2 N–H and O–H groups in total. The van der Waals surface area contributed by atoms with Crippen molar-refractivity contribution in [3.8, 4) is 12.0 Å². The highest BCUT2D eigenvalue weighted by Gasteiger charge is 2.15. The fourth-order valence-corrected chi connectivity index (χ4v) is 2.23. The smallest absolute Gasteiger partial charge is 0.324 e.